The van der Waals surface area contributed by atoms with Crippen LogP contribution in [0.2, 0.25) is 0 Å². The van der Waals surface area contributed by atoms with Crippen LogP contribution in [-0.4, -0.2) is 54.3 Å². The van der Waals surface area contributed by atoms with Gasteiger partial charge in [0.25, 0.3) is 0 Å². The lowest BCUT2D eigenvalue weighted by molar-refractivity contribution is 0.0385. The Hall–Kier alpha value is -1.58. The molecule has 0 aliphatic rings. The van der Waals surface area contributed by atoms with Gasteiger partial charge in [-0.15, -0.1) is 0 Å². The normalized spacial score (nSPS) is 12.6. The predicted octanol–water partition coefficient (Wildman–Crippen LogP) is 3.82. The molecule has 0 atom stereocenters. The number of amides is 1. The molecule has 1 amide bonds. The summed E-state index contributed by atoms with van der Waals surface area (Å²) in [6.45, 7) is 7.08. The molecule has 0 bridgehead atoms. The van der Waals surface area contributed by atoms with Crippen molar-refractivity contribution >= 4 is 43.1 Å². The predicted molar refractivity (Wildman–Crippen MR) is 110 cm³/mol. The van der Waals surface area contributed by atoms with Gasteiger partial charge in [-0.1, -0.05) is 22.0 Å². The smallest absolute Gasteiger partial charge is 0.425 e. The molecule has 1 N–H and O–H groups in total. The van der Waals surface area contributed by atoms with Gasteiger partial charge in [-0.2, -0.15) is 17.0 Å². The second-order valence-corrected chi connectivity index (χ2v) is 10.4. The fourth-order valence-corrected chi connectivity index (χ4v) is 3.89. The summed E-state index contributed by atoms with van der Waals surface area (Å²) >= 11 is 3.50. The van der Waals surface area contributed by atoms with Gasteiger partial charge in [0.05, 0.1) is 0 Å². The minimum Gasteiger partial charge on any atom is -0.443 e. The number of carbonyl (C=O) groups is 1. The molecule has 150 valence electrons. The van der Waals surface area contributed by atoms with E-state index in [1.54, 1.807) is 20.8 Å². The van der Waals surface area contributed by atoms with Crippen LogP contribution in [0.15, 0.2) is 22.8 Å². The first kappa shape index (κ1) is 21.7. The Kier molecular flexibility index (Phi) is 6.28. The molecule has 0 fully saturated rings. The average molecular weight is 460 g/mol. The van der Waals surface area contributed by atoms with E-state index in [2.05, 4.69) is 20.9 Å². The number of halogens is 1. The molecule has 2 aromatic rings. The number of hydrogen-bond acceptors (Lipinski definition) is 4. The standard InChI is InChI=1S/C18H26BrN3O4S/c1-12-15(19)8-7-14-13(11-20-16(12)14)9-10-22(27(24,25)21(5)6)17(23)26-18(2,3)4/h7-8,11,20H,9-10H2,1-6H3. The number of aryl methyl sites for hydroxylation is 1. The van der Waals surface area contributed by atoms with E-state index in [0.717, 1.165) is 35.1 Å². The largest absolute Gasteiger partial charge is 0.443 e. The lowest BCUT2D eigenvalue weighted by Crippen LogP contribution is -2.46. The molecule has 27 heavy (non-hydrogen) atoms. The maximum Gasteiger partial charge on any atom is 0.425 e. The van der Waals surface area contributed by atoms with Gasteiger partial charge in [0.1, 0.15) is 5.60 Å². The monoisotopic (exact) mass is 459 g/mol. The Morgan fingerprint density at radius 2 is 1.89 bits per heavy atom. The number of H-pyrrole nitrogens is 1. The van der Waals surface area contributed by atoms with E-state index in [-0.39, 0.29) is 6.54 Å². The van der Waals surface area contributed by atoms with Crippen molar-refractivity contribution in [1.82, 2.24) is 13.6 Å². The van der Waals surface area contributed by atoms with Crippen LogP contribution in [0.3, 0.4) is 0 Å². The zero-order valence-electron chi connectivity index (χ0n) is 16.5. The topological polar surface area (TPSA) is 82.7 Å². The zero-order valence-corrected chi connectivity index (χ0v) is 18.9. The van der Waals surface area contributed by atoms with Crippen LogP contribution >= 0.6 is 15.9 Å². The summed E-state index contributed by atoms with van der Waals surface area (Å²) in [6.07, 6.45) is 1.34. The molecule has 0 aliphatic heterocycles. The van der Waals surface area contributed by atoms with Gasteiger partial charge >= 0.3 is 16.3 Å². The summed E-state index contributed by atoms with van der Waals surface area (Å²) in [6, 6.07) is 3.92. The third kappa shape index (κ3) is 4.83. The highest BCUT2D eigenvalue weighted by molar-refractivity contribution is 9.10. The third-order valence-electron chi connectivity index (χ3n) is 4.06. The van der Waals surface area contributed by atoms with E-state index < -0.39 is 21.9 Å². The molecule has 7 nitrogen and oxygen atoms in total. The Balaban J connectivity index is 2.31. The summed E-state index contributed by atoms with van der Waals surface area (Å²) in [5.74, 6) is 0. The first-order valence-electron chi connectivity index (χ1n) is 8.53. The number of nitrogens with zero attached hydrogens (tertiary/aromatic N) is 2. The summed E-state index contributed by atoms with van der Waals surface area (Å²) < 4.78 is 33.3. The average Bonchev–Trinajstić information content (AvgIpc) is 2.93. The van der Waals surface area contributed by atoms with Gasteiger partial charge in [0.15, 0.2) is 0 Å². The second-order valence-electron chi connectivity index (χ2n) is 7.50. The summed E-state index contributed by atoms with van der Waals surface area (Å²) in [5, 5.41) is 1.00. The fourth-order valence-electron chi connectivity index (χ4n) is 2.62. The number of nitrogens with one attached hydrogen (secondary N) is 1. The Labute approximate surface area is 169 Å². The highest BCUT2D eigenvalue weighted by Gasteiger charge is 2.33. The molecule has 0 spiro atoms. The van der Waals surface area contributed by atoms with Crippen molar-refractivity contribution in [3.63, 3.8) is 0 Å². The van der Waals surface area contributed by atoms with Crippen molar-refractivity contribution in [2.24, 2.45) is 0 Å². The molecule has 0 saturated carbocycles. The maximum absolute atomic E-state index is 12.6. The van der Waals surface area contributed by atoms with Gasteiger partial charge in [-0.05, 0) is 51.3 Å². The highest BCUT2D eigenvalue weighted by atomic mass is 79.9. The number of carbonyl (C=O) groups excluding carboxylic acids is 1. The van der Waals surface area contributed by atoms with Crippen LogP contribution in [0.1, 0.15) is 31.9 Å². The number of ether oxygens (including phenoxy) is 1. The molecule has 0 unspecified atom stereocenters. The molecule has 1 aromatic carbocycles. The van der Waals surface area contributed by atoms with Gasteiger partial charge in [0.2, 0.25) is 0 Å². The molecular formula is C18H26BrN3O4S. The molecule has 1 heterocycles. The van der Waals surface area contributed by atoms with Crippen molar-refractivity contribution in [1.29, 1.82) is 0 Å². The lowest BCUT2D eigenvalue weighted by atomic mass is 10.1. The van der Waals surface area contributed by atoms with Crippen LogP contribution in [0.4, 0.5) is 4.79 Å². The van der Waals surface area contributed by atoms with E-state index in [9.17, 15) is 13.2 Å². The second kappa shape index (κ2) is 7.81. The SMILES string of the molecule is Cc1c(Br)ccc2c(CCN(C(=O)OC(C)(C)C)S(=O)(=O)N(C)C)c[nH]c12. The van der Waals surface area contributed by atoms with E-state index in [0.29, 0.717) is 6.42 Å². The molecule has 9 heteroatoms. The van der Waals surface area contributed by atoms with E-state index >= 15 is 0 Å². The van der Waals surface area contributed by atoms with Crippen LogP contribution in [0.25, 0.3) is 10.9 Å². The van der Waals surface area contributed by atoms with Crippen LogP contribution in [0, 0.1) is 6.92 Å². The quantitative estimate of drug-likeness (QED) is 0.736. The number of benzene rings is 1. The molecule has 0 radical (unpaired) electrons. The lowest BCUT2D eigenvalue weighted by Gasteiger charge is -2.28. The zero-order chi connectivity index (χ0) is 20.6. The number of hydrogen-bond donors (Lipinski definition) is 1. The van der Waals surface area contributed by atoms with Gasteiger partial charge < -0.3 is 9.72 Å². The Bertz CT molecular complexity index is 945. The van der Waals surface area contributed by atoms with Gasteiger partial charge in [-0.3, -0.25) is 0 Å². The number of fused-ring (bicyclic) bond motifs is 1. The first-order chi connectivity index (χ1) is 12.3. The van der Waals surface area contributed by atoms with Crippen LogP contribution in [0.5, 0.6) is 0 Å². The summed E-state index contributed by atoms with van der Waals surface area (Å²) in [7, 11) is -1.18. The van der Waals surface area contributed by atoms with E-state index in [1.165, 1.54) is 14.1 Å². The van der Waals surface area contributed by atoms with Crippen LogP contribution < -0.4 is 0 Å². The summed E-state index contributed by atoms with van der Waals surface area (Å²) in [5.41, 5.74) is 2.20. The summed E-state index contributed by atoms with van der Waals surface area (Å²) in [4.78, 5) is 15.7. The Morgan fingerprint density at radius 1 is 1.26 bits per heavy atom. The molecule has 0 saturated heterocycles. The van der Waals surface area contributed by atoms with Gasteiger partial charge in [0, 0.05) is 42.2 Å². The molecule has 0 aliphatic carbocycles. The van der Waals surface area contributed by atoms with Crippen LogP contribution in [-0.2, 0) is 21.4 Å². The molecular weight excluding hydrogens is 434 g/mol. The van der Waals surface area contributed by atoms with Crippen molar-refractivity contribution in [2.45, 2.75) is 39.7 Å². The van der Waals surface area contributed by atoms with E-state index in [1.807, 2.05) is 25.3 Å². The minimum atomic E-state index is -3.96. The molecule has 2 rings (SSSR count). The number of rotatable bonds is 5. The maximum atomic E-state index is 12.6. The third-order valence-corrected chi connectivity index (χ3v) is 6.73. The van der Waals surface area contributed by atoms with Crippen molar-refractivity contribution in [2.75, 3.05) is 20.6 Å². The Morgan fingerprint density at radius 3 is 2.44 bits per heavy atom. The molecule has 1 aromatic heterocycles. The van der Waals surface area contributed by atoms with Crippen molar-refractivity contribution < 1.29 is 17.9 Å². The van der Waals surface area contributed by atoms with Gasteiger partial charge in [-0.25, -0.2) is 4.79 Å². The van der Waals surface area contributed by atoms with Crippen molar-refractivity contribution in [3.8, 4) is 0 Å². The number of aromatic amines is 1. The van der Waals surface area contributed by atoms with Crippen molar-refractivity contribution in [3.05, 3.63) is 33.9 Å². The van der Waals surface area contributed by atoms with E-state index in [4.69, 9.17) is 4.74 Å². The fraction of sp³-hybridized carbons (Fsp3) is 0.500. The highest BCUT2D eigenvalue weighted by Crippen LogP contribution is 2.28. The minimum absolute atomic E-state index is 0.0164. The first-order valence-corrected chi connectivity index (χ1v) is 10.7. The number of aromatic nitrogens is 1.